The molecule has 1 aromatic carbocycles. The number of nitrogens with zero attached hydrogens (tertiary/aromatic N) is 2. The monoisotopic (exact) mass is 400 g/mol. The quantitative estimate of drug-likeness (QED) is 0.852. The minimum absolute atomic E-state index is 0.276. The largest absolute Gasteiger partial charge is 0.454 e. The molecular weight excluding hydrogens is 372 g/mol. The van der Waals surface area contributed by atoms with Crippen LogP contribution in [0.15, 0.2) is 35.7 Å². The third kappa shape index (κ3) is 3.66. The highest BCUT2D eigenvalue weighted by Gasteiger charge is 2.38. The maximum atomic E-state index is 11.3. The molecule has 6 heteroatoms. The van der Waals surface area contributed by atoms with Crippen molar-refractivity contribution in [1.82, 2.24) is 9.80 Å². The van der Waals surface area contributed by atoms with Gasteiger partial charge in [0.2, 0.25) is 6.79 Å². The van der Waals surface area contributed by atoms with Gasteiger partial charge in [-0.3, -0.25) is 9.80 Å². The summed E-state index contributed by atoms with van der Waals surface area (Å²) >= 11 is 1.85. The zero-order valence-electron chi connectivity index (χ0n) is 16.2. The van der Waals surface area contributed by atoms with Gasteiger partial charge in [0.15, 0.2) is 11.5 Å². The molecule has 2 aliphatic heterocycles. The van der Waals surface area contributed by atoms with Crippen LogP contribution in [0, 0.1) is 0 Å². The fourth-order valence-corrected chi connectivity index (χ4v) is 5.58. The smallest absolute Gasteiger partial charge is 0.231 e. The van der Waals surface area contributed by atoms with Crippen molar-refractivity contribution >= 4 is 11.3 Å². The molecule has 1 saturated heterocycles. The molecule has 1 aliphatic carbocycles. The number of benzene rings is 1. The van der Waals surface area contributed by atoms with Crippen molar-refractivity contribution < 1.29 is 14.6 Å². The van der Waals surface area contributed by atoms with E-state index < -0.39 is 5.60 Å². The molecular formula is C22H28N2O3S. The van der Waals surface area contributed by atoms with Gasteiger partial charge in [0, 0.05) is 43.6 Å². The van der Waals surface area contributed by atoms with Crippen molar-refractivity contribution in [2.45, 2.75) is 43.9 Å². The lowest BCUT2D eigenvalue weighted by Gasteiger charge is -2.44. The number of hydrogen-bond acceptors (Lipinski definition) is 6. The van der Waals surface area contributed by atoms with Gasteiger partial charge in [-0.15, -0.1) is 11.3 Å². The zero-order chi connectivity index (χ0) is 19.0. The topological polar surface area (TPSA) is 45.2 Å². The second kappa shape index (κ2) is 7.67. The number of rotatable bonds is 4. The SMILES string of the molecule is OC1(c2ccc3c(c2)OCO3)CCC(N2CCN(Cc3cccs3)CC2)CC1. The highest BCUT2D eigenvalue weighted by atomic mass is 32.1. The number of hydrogen-bond donors (Lipinski definition) is 1. The fraction of sp³-hybridized carbons (Fsp3) is 0.545. The molecule has 0 spiro atoms. The first kappa shape index (κ1) is 18.4. The summed E-state index contributed by atoms with van der Waals surface area (Å²) in [5.74, 6) is 1.54. The van der Waals surface area contributed by atoms with Gasteiger partial charge in [0.25, 0.3) is 0 Å². The van der Waals surface area contributed by atoms with Gasteiger partial charge < -0.3 is 14.6 Å². The van der Waals surface area contributed by atoms with E-state index >= 15 is 0 Å². The maximum Gasteiger partial charge on any atom is 0.231 e. The van der Waals surface area contributed by atoms with E-state index in [1.165, 1.54) is 4.88 Å². The van der Waals surface area contributed by atoms with Gasteiger partial charge in [-0.2, -0.15) is 0 Å². The molecule has 3 heterocycles. The standard InChI is InChI=1S/C22H28N2O3S/c25-22(17-3-4-20-21(14-17)27-16-26-20)7-5-18(6-8-22)24-11-9-23(10-12-24)15-19-2-1-13-28-19/h1-4,13-14,18,25H,5-12,15-16H2. The first-order chi connectivity index (χ1) is 13.7. The first-order valence-corrected chi connectivity index (χ1v) is 11.2. The van der Waals surface area contributed by atoms with Gasteiger partial charge in [-0.25, -0.2) is 0 Å². The highest BCUT2D eigenvalue weighted by Crippen LogP contribution is 2.42. The number of ether oxygens (including phenoxy) is 2. The molecule has 0 unspecified atom stereocenters. The fourth-order valence-electron chi connectivity index (χ4n) is 4.83. The van der Waals surface area contributed by atoms with E-state index in [1.807, 2.05) is 29.5 Å². The molecule has 28 heavy (non-hydrogen) atoms. The molecule has 2 fully saturated rings. The van der Waals surface area contributed by atoms with Gasteiger partial charge in [-0.05, 0) is 54.8 Å². The minimum atomic E-state index is -0.738. The van der Waals surface area contributed by atoms with E-state index in [-0.39, 0.29) is 6.79 Å². The molecule has 0 atom stereocenters. The second-order valence-corrected chi connectivity index (χ2v) is 9.25. The Morgan fingerprint density at radius 1 is 1.04 bits per heavy atom. The van der Waals surface area contributed by atoms with Crippen molar-refractivity contribution in [2.75, 3.05) is 33.0 Å². The van der Waals surface area contributed by atoms with E-state index in [1.54, 1.807) is 0 Å². The molecule has 0 amide bonds. The predicted octanol–water partition coefficient (Wildman–Crippen LogP) is 3.42. The average Bonchev–Trinajstić information content (AvgIpc) is 3.40. The second-order valence-electron chi connectivity index (χ2n) is 8.22. The summed E-state index contributed by atoms with van der Waals surface area (Å²) in [5, 5.41) is 13.4. The number of piperazine rings is 1. The third-order valence-corrected chi connectivity index (χ3v) is 7.44. The number of thiophene rings is 1. The van der Waals surface area contributed by atoms with E-state index in [0.717, 1.165) is 75.5 Å². The summed E-state index contributed by atoms with van der Waals surface area (Å²) in [4.78, 5) is 6.66. The Kier molecular flexibility index (Phi) is 5.05. The summed E-state index contributed by atoms with van der Waals surface area (Å²) in [7, 11) is 0. The van der Waals surface area contributed by atoms with Crippen molar-refractivity contribution in [3.05, 3.63) is 46.2 Å². The predicted molar refractivity (Wildman–Crippen MR) is 110 cm³/mol. The summed E-state index contributed by atoms with van der Waals surface area (Å²) in [6.07, 6.45) is 3.73. The van der Waals surface area contributed by atoms with Crippen LogP contribution in [0.4, 0.5) is 0 Å². The zero-order valence-corrected chi connectivity index (χ0v) is 17.0. The number of aliphatic hydroxyl groups is 1. The van der Waals surface area contributed by atoms with Crippen molar-refractivity contribution in [3.63, 3.8) is 0 Å². The lowest BCUT2D eigenvalue weighted by atomic mass is 9.77. The minimum Gasteiger partial charge on any atom is -0.454 e. The molecule has 5 nitrogen and oxygen atoms in total. The van der Waals surface area contributed by atoms with Crippen molar-refractivity contribution in [2.24, 2.45) is 0 Å². The lowest BCUT2D eigenvalue weighted by molar-refractivity contribution is -0.0320. The van der Waals surface area contributed by atoms with Crippen LogP contribution in [0.1, 0.15) is 36.1 Å². The first-order valence-electron chi connectivity index (χ1n) is 10.3. The Morgan fingerprint density at radius 3 is 2.57 bits per heavy atom. The Morgan fingerprint density at radius 2 is 1.82 bits per heavy atom. The Bertz CT molecular complexity index is 794. The third-order valence-electron chi connectivity index (χ3n) is 6.58. The lowest BCUT2D eigenvalue weighted by Crippen LogP contribution is -2.51. The van der Waals surface area contributed by atoms with E-state index in [0.29, 0.717) is 6.04 Å². The van der Waals surface area contributed by atoms with E-state index in [2.05, 4.69) is 27.3 Å². The van der Waals surface area contributed by atoms with Crippen LogP contribution in [0.25, 0.3) is 0 Å². The van der Waals surface area contributed by atoms with Crippen LogP contribution >= 0.6 is 11.3 Å². The molecule has 1 saturated carbocycles. The number of fused-ring (bicyclic) bond motifs is 1. The molecule has 3 aliphatic rings. The highest BCUT2D eigenvalue weighted by molar-refractivity contribution is 7.09. The maximum absolute atomic E-state index is 11.3. The van der Waals surface area contributed by atoms with Gasteiger partial charge in [0.05, 0.1) is 5.60 Å². The molecule has 150 valence electrons. The summed E-state index contributed by atoms with van der Waals surface area (Å²) in [5.41, 5.74) is 0.231. The van der Waals surface area contributed by atoms with Gasteiger partial charge in [-0.1, -0.05) is 12.1 Å². The molecule has 5 rings (SSSR count). The van der Waals surface area contributed by atoms with Crippen LogP contribution in [0.5, 0.6) is 11.5 Å². The van der Waals surface area contributed by atoms with Gasteiger partial charge >= 0.3 is 0 Å². The normalized spacial score (nSPS) is 28.5. The van der Waals surface area contributed by atoms with Crippen molar-refractivity contribution in [1.29, 1.82) is 0 Å². The molecule has 0 bridgehead atoms. The van der Waals surface area contributed by atoms with Crippen LogP contribution in [0.3, 0.4) is 0 Å². The molecule has 2 aromatic rings. The van der Waals surface area contributed by atoms with E-state index in [9.17, 15) is 5.11 Å². The van der Waals surface area contributed by atoms with Crippen LogP contribution in [-0.2, 0) is 12.1 Å². The average molecular weight is 401 g/mol. The molecule has 0 radical (unpaired) electrons. The van der Waals surface area contributed by atoms with Crippen molar-refractivity contribution in [3.8, 4) is 11.5 Å². The Balaban J connectivity index is 1.15. The summed E-state index contributed by atoms with van der Waals surface area (Å²) < 4.78 is 10.9. The van der Waals surface area contributed by atoms with Gasteiger partial charge in [0.1, 0.15) is 0 Å². The Hall–Kier alpha value is -1.60. The van der Waals surface area contributed by atoms with Crippen LogP contribution < -0.4 is 9.47 Å². The molecule has 1 aromatic heterocycles. The van der Waals surface area contributed by atoms with E-state index in [4.69, 9.17) is 9.47 Å². The summed E-state index contributed by atoms with van der Waals surface area (Å²) in [6.45, 7) is 5.91. The molecule has 1 N–H and O–H groups in total. The summed E-state index contributed by atoms with van der Waals surface area (Å²) in [6, 6.07) is 10.9. The van der Waals surface area contributed by atoms with Crippen LogP contribution in [-0.4, -0.2) is 53.9 Å². The van der Waals surface area contributed by atoms with Crippen LogP contribution in [0.2, 0.25) is 0 Å². The Labute approximate surface area is 170 Å².